The molecular formula is C19H15N3O2. The van der Waals surface area contributed by atoms with Crippen LogP contribution < -0.4 is 4.74 Å². The molecule has 5 nitrogen and oxygen atoms in total. The number of hydrogen-bond acceptors (Lipinski definition) is 5. The predicted octanol–water partition coefficient (Wildman–Crippen LogP) is 4.27. The van der Waals surface area contributed by atoms with Crippen LogP contribution in [-0.4, -0.2) is 22.2 Å². The van der Waals surface area contributed by atoms with Crippen molar-refractivity contribution in [2.24, 2.45) is 0 Å². The molecule has 0 fully saturated rings. The fourth-order valence-electron chi connectivity index (χ4n) is 2.73. The minimum Gasteiger partial charge on any atom is -0.497 e. The van der Waals surface area contributed by atoms with Crippen LogP contribution in [0.4, 0.5) is 0 Å². The first-order chi connectivity index (χ1) is 11.8. The Labute approximate surface area is 138 Å². The maximum atomic E-state index is 5.47. The van der Waals surface area contributed by atoms with Crippen LogP contribution >= 0.6 is 0 Å². The molecule has 0 unspecified atom stereocenters. The van der Waals surface area contributed by atoms with Crippen molar-refractivity contribution in [3.05, 3.63) is 60.3 Å². The van der Waals surface area contributed by atoms with Crippen LogP contribution in [0.25, 0.3) is 33.7 Å². The second kappa shape index (κ2) is 5.77. The van der Waals surface area contributed by atoms with Gasteiger partial charge in [0.15, 0.2) is 0 Å². The molecule has 24 heavy (non-hydrogen) atoms. The third kappa shape index (κ3) is 2.40. The van der Waals surface area contributed by atoms with Crippen molar-refractivity contribution in [1.29, 1.82) is 0 Å². The minimum absolute atomic E-state index is 0.472. The summed E-state index contributed by atoms with van der Waals surface area (Å²) in [5, 5.41) is 6.21. The molecule has 2 aromatic heterocycles. The van der Waals surface area contributed by atoms with E-state index >= 15 is 0 Å². The van der Waals surface area contributed by atoms with Gasteiger partial charge in [-0.25, -0.2) is 0 Å². The first kappa shape index (κ1) is 14.4. The smallest absolute Gasteiger partial charge is 0.258 e. The maximum absolute atomic E-state index is 5.47. The molecule has 0 saturated heterocycles. The molecule has 4 aromatic rings. The lowest BCUT2D eigenvalue weighted by Crippen LogP contribution is -1.89. The van der Waals surface area contributed by atoms with Gasteiger partial charge in [0.1, 0.15) is 11.4 Å². The number of ether oxygens (including phenoxy) is 1. The molecular weight excluding hydrogens is 302 g/mol. The predicted molar refractivity (Wildman–Crippen MR) is 91.8 cm³/mol. The van der Waals surface area contributed by atoms with E-state index in [0.29, 0.717) is 17.4 Å². The summed E-state index contributed by atoms with van der Waals surface area (Å²) >= 11 is 0. The molecule has 0 radical (unpaired) electrons. The SMILES string of the molecule is COc1ccc(-c2nc(-c3nccc4ccccc34)no2)c(C)c1. The van der Waals surface area contributed by atoms with E-state index in [2.05, 4.69) is 15.1 Å². The fraction of sp³-hybridized carbons (Fsp3) is 0.105. The summed E-state index contributed by atoms with van der Waals surface area (Å²) in [4.78, 5) is 8.97. The van der Waals surface area contributed by atoms with Crippen molar-refractivity contribution >= 4 is 10.8 Å². The van der Waals surface area contributed by atoms with Gasteiger partial charge in [0.2, 0.25) is 5.82 Å². The Kier molecular flexibility index (Phi) is 3.46. The molecule has 118 valence electrons. The van der Waals surface area contributed by atoms with E-state index in [4.69, 9.17) is 9.26 Å². The summed E-state index contributed by atoms with van der Waals surface area (Å²) in [6, 6.07) is 15.7. The number of aryl methyl sites for hydroxylation is 1. The maximum Gasteiger partial charge on any atom is 0.258 e. The van der Waals surface area contributed by atoms with Gasteiger partial charge in [0.25, 0.3) is 5.89 Å². The van der Waals surface area contributed by atoms with Gasteiger partial charge < -0.3 is 9.26 Å². The highest BCUT2D eigenvalue weighted by Gasteiger charge is 2.15. The van der Waals surface area contributed by atoms with Crippen LogP contribution in [0.5, 0.6) is 5.75 Å². The Morgan fingerprint density at radius 3 is 2.75 bits per heavy atom. The highest BCUT2D eigenvalue weighted by molar-refractivity contribution is 5.92. The Balaban J connectivity index is 1.80. The van der Waals surface area contributed by atoms with Gasteiger partial charge >= 0.3 is 0 Å². The van der Waals surface area contributed by atoms with Crippen molar-refractivity contribution in [3.63, 3.8) is 0 Å². The number of fused-ring (bicyclic) bond motifs is 1. The Morgan fingerprint density at radius 2 is 1.92 bits per heavy atom. The summed E-state index contributed by atoms with van der Waals surface area (Å²) in [6.07, 6.45) is 1.76. The fourth-order valence-corrected chi connectivity index (χ4v) is 2.73. The van der Waals surface area contributed by atoms with E-state index < -0.39 is 0 Å². The van der Waals surface area contributed by atoms with Crippen LogP contribution in [-0.2, 0) is 0 Å². The zero-order valence-electron chi connectivity index (χ0n) is 13.4. The molecule has 0 atom stereocenters. The van der Waals surface area contributed by atoms with Gasteiger partial charge in [0.05, 0.1) is 7.11 Å². The average Bonchev–Trinajstić information content (AvgIpc) is 3.10. The molecule has 0 N–H and O–H groups in total. The molecule has 5 heteroatoms. The third-order valence-electron chi connectivity index (χ3n) is 3.98. The van der Waals surface area contributed by atoms with Crippen molar-refractivity contribution < 1.29 is 9.26 Å². The van der Waals surface area contributed by atoms with E-state index in [-0.39, 0.29) is 0 Å². The summed E-state index contributed by atoms with van der Waals surface area (Å²) in [6.45, 7) is 1.98. The number of benzene rings is 2. The number of rotatable bonds is 3. The van der Waals surface area contributed by atoms with Crippen molar-refractivity contribution in [1.82, 2.24) is 15.1 Å². The van der Waals surface area contributed by atoms with Gasteiger partial charge in [0, 0.05) is 17.1 Å². The average molecular weight is 317 g/mol. The summed E-state index contributed by atoms with van der Waals surface area (Å²) in [5.74, 6) is 1.75. The summed E-state index contributed by atoms with van der Waals surface area (Å²) in [7, 11) is 1.64. The van der Waals surface area contributed by atoms with E-state index in [1.165, 1.54) is 0 Å². The minimum atomic E-state index is 0.472. The number of pyridine rings is 1. The molecule has 0 spiro atoms. The van der Waals surface area contributed by atoms with E-state index in [0.717, 1.165) is 27.6 Å². The third-order valence-corrected chi connectivity index (χ3v) is 3.98. The zero-order chi connectivity index (χ0) is 16.5. The Hall–Kier alpha value is -3.21. The van der Waals surface area contributed by atoms with Crippen molar-refractivity contribution in [2.75, 3.05) is 7.11 Å². The first-order valence-electron chi connectivity index (χ1n) is 7.59. The van der Waals surface area contributed by atoms with Crippen LogP contribution in [0.1, 0.15) is 5.56 Å². The van der Waals surface area contributed by atoms with Crippen LogP contribution in [0.2, 0.25) is 0 Å². The monoisotopic (exact) mass is 317 g/mol. The molecule has 2 aromatic carbocycles. The van der Waals surface area contributed by atoms with Crippen LogP contribution in [0, 0.1) is 6.92 Å². The summed E-state index contributed by atoms with van der Waals surface area (Å²) < 4.78 is 10.7. The lowest BCUT2D eigenvalue weighted by atomic mass is 10.1. The highest BCUT2D eigenvalue weighted by Crippen LogP contribution is 2.29. The topological polar surface area (TPSA) is 61.0 Å². The molecule has 2 heterocycles. The summed E-state index contributed by atoms with van der Waals surface area (Å²) in [5.41, 5.74) is 2.61. The quantitative estimate of drug-likeness (QED) is 0.565. The van der Waals surface area contributed by atoms with Gasteiger partial charge in [-0.15, -0.1) is 0 Å². The number of hydrogen-bond donors (Lipinski definition) is 0. The second-order valence-electron chi connectivity index (χ2n) is 5.48. The lowest BCUT2D eigenvalue weighted by Gasteiger charge is -2.04. The van der Waals surface area contributed by atoms with Gasteiger partial charge in [-0.1, -0.05) is 29.4 Å². The number of aromatic nitrogens is 3. The Morgan fingerprint density at radius 1 is 1.04 bits per heavy atom. The largest absolute Gasteiger partial charge is 0.497 e. The number of nitrogens with zero attached hydrogens (tertiary/aromatic N) is 3. The van der Waals surface area contributed by atoms with Gasteiger partial charge in [-0.05, 0) is 42.1 Å². The zero-order valence-corrected chi connectivity index (χ0v) is 13.4. The molecule has 0 aliphatic heterocycles. The number of methoxy groups -OCH3 is 1. The van der Waals surface area contributed by atoms with E-state index in [9.17, 15) is 0 Å². The molecule has 0 saturated carbocycles. The van der Waals surface area contributed by atoms with E-state index in [1.807, 2.05) is 55.5 Å². The molecule has 0 bridgehead atoms. The van der Waals surface area contributed by atoms with E-state index in [1.54, 1.807) is 13.3 Å². The lowest BCUT2D eigenvalue weighted by molar-refractivity contribution is 0.414. The molecule has 0 aliphatic rings. The molecule has 0 amide bonds. The second-order valence-corrected chi connectivity index (χ2v) is 5.48. The molecule has 4 rings (SSSR count). The van der Waals surface area contributed by atoms with Crippen LogP contribution in [0.3, 0.4) is 0 Å². The van der Waals surface area contributed by atoms with Crippen molar-refractivity contribution in [2.45, 2.75) is 6.92 Å². The normalized spacial score (nSPS) is 10.9. The van der Waals surface area contributed by atoms with Gasteiger partial charge in [-0.2, -0.15) is 4.98 Å². The van der Waals surface area contributed by atoms with Crippen molar-refractivity contribution in [3.8, 4) is 28.7 Å². The van der Waals surface area contributed by atoms with Gasteiger partial charge in [-0.3, -0.25) is 4.98 Å². The van der Waals surface area contributed by atoms with Crippen LogP contribution in [0.15, 0.2) is 59.3 Å². The standard InChI is InChI=1S/C19H15N3O2/c1-12-11-14(23-2)7-8-15(12)19-21-18(22-24-19)17-16-6-4-3-5-13(16)9-10-20-17/h3-11H,1-2H3. The first-order valence-corrected chi connectivity index (χ1v) is 7.59. The molecule has 0 aliphatic carbocycles. The Bertz CT molecular complexity index is 1020. The highest BCUT2D eigenvalue weighted by atomic mass is 16.5.